The molecule has 0 saturated carbocycles. The lowest BCUT2D eigenvalue weighted by Gasteiger charge is -2.22. The van der Waals surface area contributed by atoms with Crippen LogP contribution in [0.15, 0.2) is 91.0 Å². The van der Waals surface area contributed by atoms with Crippen LogP contribution in [0.4, 0.5) is 11.4 Å². The molecule has 1 fully saturated rings. The van der Waals surface area contributed by atoms with Crippen LogP contribution in [0.25, 0.3) is 10.8 Å². The number of benzene rings is 4. The van der Waals surface area contributed by atoms with E-state index in [9.17, 15) is 9.59 Å². The van der Waals surface area contributed by atoms with E-state index in [0.717, 1.165) is 48.0 Å². The smallest absolute Gasteiger partial charge is 0.255 e. The Bertz CT molecular complexity index is 1330. The highest BCUT2D eigenvalue weighted by molar-refractivity contribution is 6.08. The monoisotopic (exact) mass is 449 g/mol. The fourth-order valence-electron chi connectivity index (χ4n) is 4.44. The van der Waals surface area contributed by atoms with Crippen molar-refractivity contribution in [2.45, 2.75) is 19.4 Å². The number of hydrogen-bond donors (Lipinski definition) is 2. The summed E-state index contributed by atoms with van der Waals surface area (Å²) in [6.45, 7) is 2.32. The third kappa shape index (κ3) is 4.79. The average molecular weight is 450 g/mol. The number of nitrogens with zero attached hydrogens (tertiary/aromatic N) is 1. The van der Waals surface area contributed by atoms with E-state index in [1.807, 2.05) is 84.9 Å². The van der Waals surface area contributed by atoms with Gasteiger partial charge in [-0.3, -0.25) is 9.59 Å². The number of hydrogen-bond acceptors (Lipinski definition) is 3. The number of rotatable bonds is 6. The van der Waals surface area contributed by atoms with Gasteiger partial charge in [0.25, 0.3) is 11.8 Å². The highest BCUT2D eigenvalue weighted by atomic mass is 16.2. The summed E-state index contributed by atoms with van der Waals surface area (Å²) in [5.74, 6) is -0.345. The number of carbonyl (C=O) groups is 2. The molecule has 0 spiro atoms. The molecule has 0 radical (unpaired) electrons. The Morgan fingerprint density at radius 1 is 0.735 bits per heavy atom. The van der Waals surface area contributed by atoms with E-state index in [4.69, 9.17) is 0 Å². The van der Waals surface area contributed by atoms with Crippen LogP contribution in [0.3, 0.4) is 0 Å². The van der Waals surface area contributed by atoms with Gasteiger partial charge in [0.2, 0.25) is 0 Å². The number of amides is 2. The van der Waals surface area contributed by atoms with Crippen molar-refractivity contribution in [1.29, 1.82) is 0 Å². The molecule has 0 atom stereocenters. The maximum Gasteiger partial charge on any atom is 0.255 e. The molecule has 0 unspecified atom stereocenters. The standard InChI is InChI=1S/C29H27N3O2/c33-28(24-13-12-22-10-4-5-11-23(22)18-24)31-25-14-15-27(32-16-6-7-17-32)26(19-25)29(34)30-20-21-8-2-1-3-9-21/h1-5,8-15,18-19H,6-7,16-17,20H2,(H,30,34)(H,31,33). The maximum atomic E-state index is 13.2. The SMILES string of the molecule is O=C(Nc1ccc(N2CCCC2)c(C(=O)NCc2ccccc2)c1)c1ccc2ccccc2c1. The zero-order chi connectivity index (χ0) is 23.3. The molecule has 2 N–H and O–H groups in total. The number of nitrogens with one attached hydrogen (secondary N) is 2. The van der Waals surface area contributed by atoms with E-state index in [0.29, 0.717) is 23.4 Å². The quantitative estimate of drug-likeness (QED) is 0.401. The van der Waals surface area contributed by atoms with Crippen molar-refractivity contribution in [3.05, 3.63) is 108 Å². The van der Waals surface area contributed by atoms with Gasteiger partial charge in [0.15, 0.2) is 0 Å². The molecule has 170 valence electrons. The van der Waals surface area contributed by atoms with Crippen molar-refractivity contribution in [2.24, 2.45) is 0 Å². The number of anilines is 2. The molecule has 4 aromatic rings. The van der Waals surface area contributed by atoms with Crippen molar-refractivity contribution in [1.82, 2.24) is 5.32 Å². The van der Waals surface area contributed by atoms with E-state index in [1.165, 1.54) is 0 Å². The topological polar surface area (TPSA) is 61.4 Å². The van der Waals surface area contributed by atoms with Crippen LogP contribution < -0.4 is 15.5 Å². The first-order chi connectivity index (χ1) is 16.7. The van der Waals surface area contributed by atoms with Crippen molar-refractivity contribution in [3.63, 3.8) is 0 Å². The summed E-state index contributed by atoms with van der Waals surface area (Å²) >= 11 is 0. The lowest BCUT2D eigenvalue weighted by atomic mass is 10.1. The third-order valence-corrected chi connectivity index (χ3v) is 6.25. The molecular weight excluding hydrogens is 422 g/mol. The Labute approximate surface area is 199 Å². The average Bonchev–Trinajstić information content (AvgIpc) is 3.42. The Kier molecular flexibility index (Phi) is 6.25. The summed E-state index contributed by atoms with van der Waals surface area (Å²) in [6, 6.07) is 29.1. The third-order valence-electron chi connectivity index (χ3n) is 6.25. The Morgan fingerprint density at radius 3 is 2.26 bits per heavy atom. The van der Waals surface area contributed by atoms with Gasteiger partial charge in [-0.1, -0.05) is 60.7 Å². The molecule has 2 amide bonds. The van der Waals surface area contributed by atoms with E-state index in [-0.39, 0.29) is 11.8 Å². The summed E-state index contributed by atoms with van der Waals surface area (Å²) in [7, 11) is 0. The molecule has 1 aliphatic rings. The van der Waals surface area contributed by atoms with E-state index in [1.54, 1.807) is 6.07 Å². The normalized spacial score (nSPS) is 13.1. The second-order valence-electron chi connectivity index (χ2n) is 8.61. The van der Waals surface area contributed by atoms with Crippen LogP contribution in [-0.2, 0) is 6.54 Å². The summed E-state index contributed by atoms with van der Waals surface area (Å²) < 4.78 is 0. The summed E-state index contributed by atoms with van der Waals surface area (Å²) in [5, 5.41) is 8.11. The molecule has 1 aliphatic heterocycles. The molecule has 5 nitrogen and oxygen atoms in total. The molecular formula is C29H27N3O2. The minimum absolute atomic E-state index is 0.146. The summed E-state index contributed by atoms with van der Waals surface area (Å²) in [4.78, 5) is 28.4. The second-order valence-corrected chi connectivity index (χ2v) is 8.61. The Hall–Kier alpha value is -4.12. The molecule has 5 rings (SSSR count). The highest BCUT2D eigenvalue weighted by Crippen LogP contribution is 2.28. The van der Waals surface area contributed by atoms with Crippen LogP contribution in [0, 0.1) is 0 Å². The van der Waals surface area contributed by atoms with Gasteiger partial charge in [0, 0.05) is 36.6 Å². The van der Waals surface area contributed by atoms with E-state index >= 15 is 0 Å². The highest BCUT2D eigenvalue weighted by Gasteiger charge is 2.20. The molecule has 5 heteroatoms. The van der Waals surface area contributed by atoms with Crippen molar-refractivity contribution >= 4 is 34.0 Å². The first kappa shape index (κ1) is 21.7. The first-order valence-corrected chi connectivity index (χ1v) is 11.7. The van der Waals surface area contributed by atoms with Gasteiger partial charge in [-0.05, 0) is 59.5 Å². The molecule has 0 aromatic heterocycles. The number of fused-ring (bicyclic) bond motifs is 1. The molecule has 1 saturated heterocycles. The predicted octanol–water partition coefficient (Wildman–Crippen LogP) is 5.62. The van der Waals surface area contributed by atoms with Gasteiger partial charge in [0.1, 0.15) is 0 Å². The minimum Gasteiger partial charge on any atom is -0.371 e. The van der Waals surface area contributed by atoms with Gasteiger partial charge >= 0.3 is 0 Å². The van der Waals surface area contributed by atoms with Gasteiger partial charge < -0.3 is 15.5 Å². The van der Waals surface area contributed by atoms with Crippen molar-refractivity contribution < 1.29 is 9.59 Å². The zero-order valence-electron chi connectivity index (χ0n) is 19.0. The first-order valence-electron chi connectivity index (χ1n) is 11.7. The van der Waals surface area contributed by atoms with Gasteiger partial charge in [-0.25, -0.2) is 0 Å². The van der Waals surface area contributed by atoms with Crippen LogP contribution in [0.5, 0.6) is 0 Å². The summed E-state index contributed by atoms with van der Waals surface area (Å²) in [5.41, 5.74) is 3.71. The van der Waals surface area contributed by atoms with Gasteiger partial charge in [0.05, 0.1) is 5.56 Å². The van der Waals surface area contributed by atoms with Crippen LogP contribution >= 0.6 is 0 Å². The number of carbonyl (C=O) groups excluding carboxylic acids is 2. The minimum atomic E-state index is -0.199. The molecule has 34 heavy (non-hydrogen) atoms. The van der Waals surface area contributed by atoms with E-state index < -0.39 is 0 Å². The lowest BCUT2D eigenvalue weighted by molar-refractivity contribution is 0.0950. The van der Waals surface area contributed by atoms with Gasteiger partial charge in [-0.2, -0.15) is 0 Å². The molecule has 0 aliphatic carbocycles. The second kappa shape index (κ2) is 9.79. The fraction of sp³-hybridized carbons (Fsp3) is 0.172. The molecule has 1 heterocycles. The van der Waals surface area contributed by atoms with Crippen LogP contribution in [-0.4, -0.2) is 24.9 Å². The van der Waals surface area contributed by atoms with Gasteiger partial charge in [-0.15, -0.1) is 0 Å². The van der Waals surface area contributed by atoms with Crippen molar-refractivity contribution in [2.75, 3.05) is 23.3 Å². The maximum absolute atomic E-state index is 13.2. The van der Waals surface area contributed by atoms with Crippen LogP contribution in [0.1, 0.15) is 39.1 Å². The molecule has 0 bridgehead atoms. The van der Waals surface area contributed by atoms with Crippen LogP contribution in [0.2, 0.25) is 0 Å². The Balaban J connectivity index is 1.38. The molecule has 4 aromatic carbocycles. The predicted molar refractivity (Wildman–Crippen MR) is 137 cm³/mol. The lowest BCUT2D eigenvalue weighted by Crippen LogP contribution is -2.27. The summed E-state index contributed by atoms with van der Waals surface area (Å²) in [6.07, 6.45) is 2.23. The largest absolute Gasteiger partial charge is 0.371 e. The van der Waals surface area contributed by atoms with Crippen molar-refractivity contribution in [3.8, 4) is 0 Å². The Morgan fingerprint density at radius 2 is 1.47 bits per heavy atom. The zero-order valence-corrected chi connectivity index (χ0v) is 19.0. The van der Waals surface area contributed by atoms with E-state index in [2.05, 4.69) is 15.5 Å². The fourth-order valence-corrected chi connectivity index (χ4v) is 4.44.